The normalized spacial score (nSPS) is 12.9. The number of aliphatic hydroxyl groups excluding tert-OH is 1. The van der Waals surface area contributed by atoms with Gasteiger partial charge in [0.2, 0.25) is 0 Å². The zero-order valence-electron chi connectivity index (χ0n) is 8.05. The van der Waals surface area contributed by atoms with E-state index in [1.165, 1.54) is 13.2 Å². The third-order valence-corrected chi connectivity index (χ3v) is 2.64. The Balaban J connectivity index is 3.11. The molecule has 0 bridgehead atoms. The van der Waals surface area contributed by atoms with Crippen LogP contribution < -0.4 is 0 Å². The average molecular weight is 263 g/mol. The Morgan fingerprint density at radius 1 is 1.57 bits per heavy atom. The Morgan fingerprint density at radius 3 is 2.64 bits per heavy atom. The van der Waals surface area contributed by atoms with E-state index in [0.717, 1.165) is 0 Å². The van der Waals surface area contributed by atoms with Gasteiger partial charge in [0, 0.05) is 17.1 Å². The van der Waals surface area contributed by atoms with Gasteiger partial charge in [-0.15, -0.1) is 0 Å². The van der Waals surface area contributed by atoms with E-state index in [2.05, 4.69) is 15.9 Å². The number of rotatable bonds is 3. The fourth-order valence-electron chi connectivity index (χ4n) is 1.15. The molecule has 1 atom stereocenters. The van der Waals surface area contributed by atoms with Crippen LogP contribution in [0, 0.1) is 5.82 Å². The molecule has 1 rings (SSSR count). The Labute approximate surface area is 90.8 Å². The van der Waals surface area contributed by atoms with Crippen LogP contribution >= 0.6 is 15.9 Å². The summed E-state index contributed by atoms with van der Waals surface area (Å²) in [6.45, 7) is 1.81. The molecule has 0 amide bonds. The number of halogens is 2. The number of ether oxygens (including phenoxy) is 1. The molecule has 1 unspecified atom stereocenters. The molecule has 0 aromatic heterocycles. The van der Waals surface area contributed by atoms with E-state index < -0.39 is 6.10 Å². The molecule has 78 valence electrons. The third kappa shape index (κ3) is 2.53. The molecule has 1 aromatic rings. The number of hydrogen-bond acceptors (Lipinski definition) is 2. The van der Waals surface area contributed by atoms with Crippen molar-refractivity contribution in [2.45, 2.75) is 19.6 Å². The topological polar surface area (TPSA) is 29.5 Å². The van der Waals surface area contributed by atoms with Crippen LogP contribution in [0.5, 0.6) is 0 Å². The molecular formula is C10H12BrFO2. The minimum Gasteiger partial charge on any atom is -0.389 e. The molecule has 2 nitrogen and oxygen atoms in total. The molecule has 0 saturated heterocycles. The Bertz CT molecular complexity index is 303. The first-order valence-electron chi connectivity index (χ1n) is 4.21. The largest absolute Gasteiger partial charge is 0.389 e. The fourth-order valence-corrected chi connectivity index (χ4v) is 1.71. The molecule has 0 aliphatic carbocycles. The molecular weight excluding hydrogens is 251 g/mol. The molecule has 0 aliphatic rings. The highest BCUT2D eigenvalue weighted by Gasteiger charge is 2.11. The summed E-state index contributed by atoms with van der Waals surface area (Å²) >= 11 is 3.24. The summed E-state index contributed by atoms with van der Waals surface area (Å²) in [5.74, 6) is -0.364. The lowest BCUT2D eigenvalue weighted by molar-refractivity contribution is 0.179. The van der Waals surface area contributed by atoms with Crippen molar-refractivity contribution in [3.8, 4) is 0 Å². The molecule has 0 radical (unpaired) electrons. The Hall–Kier alpha value is -0.450. The maximum atomic E-state index is 13.4. The van der Waals surface area contributed by atoms with Gasteiger partial charge in [-0.1, -0.05) is 15.9 Å². The van der Waals surface area contributed by atoms with E-state index in [-0.39, 0.29) is 12.4 Å². The molecule has 4 heteroatoms. The molecule has 0 spiro atoms. The highest BCUT2D eigenvalue weighted by atomic mass is 79.9. The lowest BCUT2D eigenvalue weighted by Crippen LogP contribution is -1.99. The first-order valence-corrected chi connectivity index (χ1v) is 5.00. The Morgan fingerprint density at radius 2 is 2.21 bits per heavy atom. The van der Waals surface area contributed by atoms with Crippen LogP contribution in [0.25, 0.3) is 0 Å². The molecule has 14 heavy (non-hydrogen) atoms. The highest BCUT2D eigenvalue weighted by Crippen LogP contribution is 2.25. The summed E-state index contributed by atoms with van der Waals surface area (Å²) in [6, 6.07) is 3.02. The number of aliphatic hydroxyl groups is 1. The van der Waals surface area contributed by atoms with Crippen molar-refractivity contribution in [3.63, 3.8) is 0 Å². The van der Waals surface area contributed by atoms with Crippen molar-refractivity contribution in [1.82, 2.24) is 0 Å². The summed E-state index contributed by atoms with van der Waals surface area (Å²) in [4.78, 5) is 0. The second kappa shape index (κ2) is 4.87. The summed E-state index contributed by atoms with van der Waals surface area (Å²) in [5, 5.41) is 9.27. The van der Waals surface area contributed by atoms with Crippen molar-refractivity contribution in [2.75, 3.05) is 7.11 Å². The fraction of sp³-hybridized carbons (Fsp3) is 0.400. The molecule has 0 aliphatic heterocycles. The SMILES string of the molecule is COCc1c(F)cc(C(C)O)cc1Br. The van der Waals surface area contributed by atoms with Crippen LogP contribution in [-0.2, 0) is 11.3 Å². The zero-order chi connectivity index (χ0) is 10.7. The van der Waals surface area contributed by atoms with E-state index in [4.69, 9.17) is 4.74 Å². The van der Waals surface area contributed by atoms with Crippen LogP contribution in [0.15, 0.2) is 16.6 Å². The van der Waals surface area contributed by atoms with Crippen molar-refractivity contribution < 1.29 is 14.2 Å². The van der Waals surface area contributed by atoms with E-state index in [9.17, 15) is 9.50 Å². The molecule has 0 heterocycles. The van der Waals surface area contributed by atoms with Crippen molar-refractivity contribution >= 4 is 15.9 Å². The minimum atomic E-state index is -0.669. The Kier molecular flexibility index (Phi) is 4.04. The summed E-state index contributed by atoms with van der Waals surface area (Å²) in [6.07, 6.45) is -0.669. The first-order chi connectivity index (χ1) is 6.56. The molecule has 1 N–H and O–H groups in total. The van der Waals surface area contributed by atoms with Gasteiger partial charge in [-0.25, -0.2) is 4.39 Å². The smallest absolute Gasteiger partial charge is 0.130 e. The van der Waals surface area contributed by atoms with Crippen LogP contribution in [0.1, 0.15) is 24.2 Å². The highest BCUT2D eigenvalue weighted by molar-refractivity contribution is 9.10. The second-order valence-corrected chi connectivity index (χ2v) is 3.93. The van der Waals surface area contributed by atoms with Crippen LogP contribution in [-0.4, -0.2) is 12.2 Å². The lowest BCUT2D eigenvalue weighted by Gasteiger charge is -2.10. The summed E-state index contributed by atoms with van der Waals surface area (Å²) in [5.41, 5.74) is 1.02. The van der Waals surface area contributed by atoms with Gasteiger partial charge in [0.15, 0.2) is 0 Å². The van der Waals surface area contributed by atoms with Gasteiger partial charge in [-0.05, 0) is 24.6 Å². The predicted molar refractivity (Wildman–Crippen MR) is 55.4 cm³/mol. The lowest BCUT2D eigenvalue weighted by atomic mass is 10.1. The van der Waals surface area contributed by atoms with E-state index in [0.29, 0.717) is 15.6 Å². The maximum absolute atomic E-state index is 13.4. The van der Waals surface area contributed by atoms with Crippen LogP contribution in [0.3, 0.4) is 0 Å². The standard InChI is InChI=1S/C10H12BrFO2/c1-6(13)7-3-9(11)8(5-14-2)10(12)4-7/h3-4,6,13H,5H2,1-2H3. The van der Waals surface area contributed by atoms with Gasteiger partial charge >= 0.3 is 0 Å². The maximum Gasteiger partial charge on any atom is 0.130 e. The molecule has 1 aromatic carbocycles. The van der Waals surface area contributed by atoms with Gasteiger partial charge < -0.3 is 9.84 Å². The number of methoxy groups -OCH3 is 1. The van der Waals surface area contributed by atoms with Gasteiger partial charge in [-0.2, -0.15) is 0 Å². The minimum absolute atomic E-state index is 0.215. The first kappa shape index (κ1) is 11.6. The van der Waals surface area contributed by atoms with Crippen molar-refractivity contribution in [3.05, 3.63) is 33.5 Å². The van der Waals surface area contributed by atoms with Gasteiger partial charge in [0.05, 0.1) is 12.7 Å². The van der Waals surface area contributed by atoms with Crippen LogP contribution in [0.4, 0.5) is 4.39 Å². The molecule has 0 saturated carbocycles. The number of hydrogen-bond donors (Lipinski definition) is 1. The van der Waals surface area contributed by atoms with Gasteiger partial charge in [0.1, 0.15) is 5.82 Å². The zero-order valence-corrected chi connectivity index (χ0v) is 9.64. The monoisotopic (exact) mass is 262 g/mol. The number of benzene rings is 1. The van der Waals surface area contributed by atoms with Gasteiger partial charge in [-0.3, -0.25) is 0 Å². The predicted octanol–water partition coefficient (Wildman–Crippen LogP) is 2.79. The van der Waals surface area contributed by atoms with Crippen molar-refractivity contribution in [2.24, 2.45) is 0 Å². The van der Waals surface area contributed by atoms with E-state index in [1.54, 1.807) is 13.0 Å². The van der Waals surface area contributed by atoms with Crippen LogP contribution in [0.2, 0.25) is 0 Å². The quantitative estimate of drug-likeness (QED) is 0.908. The van der Waals surface area contributed by atoms with Gasteiger partial charge in [0.25, 0.3) is 0 Å². The van der Waals surface area contributed by atoms with E-state index in [1.807, 2.05) is 0 Å². The second-order valence-electron chi connectivity index (χ2n) is 3.07. The van der Waals surface area contributed by atoms with Crippen molar-refractivity contribution in [1.29, 1.82) is 0 Å². The van der Waals surface area contributed by atoms with E-state index >= 15 is 0 Å². The average Bonchev–Trinajstić information content (AvgIpc) is 2.10. The summed E-state index contributed by atoms with van der Waals surface area (Å²) in [7, 11) is 1.51. The molecule has 0 fully saturated rings. The third-order valence-electron chi connectivity index (χ3n) is 1.93. The summed E-state index contributed by atoms with van der Waals surface area (Å²) < 4.78 is 18.9.